The van der Waals surface area contributed by atoms with E-state index in [0.29, 0.717) is 16.7 Å². The third kappa shape index (κ3) is 2.76. The first-order chi connectivity index (χ1) is 10.5. The van der Waals surface area contributed by atoms with Crippen LogP contribution in [-0.4, -0.2) is 10.1 Å². The number of hydrogen-bond donors (Lipinski definition) is 1. The maximum atomic E-state index is 12.0. The normalized spacial score (nSPS) is 11.8. The van der Waals surface area contributed by atoms with Crippen molar-refractivity contribution in [3.63, 3.8) is 0 Å². The van der Waals surface area contributed by atoms with Gasteiger partial charge in [0.25, 0.3) is 0 Å². The summed E-state index contributed by atoms with van der Waals surface area (Å²) >= 11 is 0. The van der Waals surface area contributed by atoms with Gasteiger partial charge in [0, 0.05) is 11.6 Å². The van der Waals surface area contributed by atoms with Gasteiger partial charge in [-0.05, 0) is 31.5 Å². The van der Waals surface area contributed by atoms with Crippen LogP contribution in [0.5, 0.6) is 0 Å². The fourth-order valence-electron chi connectivity index (χ4n) is 2.15. The summed E-state index contributed by atoms with van der Waals surface area (Å²) in [6.45, 7) is 3.88. The second kappa shape index (κ2) is 5.48. The van der Waals surface area contributed by atoms with Crippen molar-refractivity contribution in [2.75, 3.05) is 0 Å². The predicted octanol–water partition coefficient (Wildman–Crippen LogP) is 3.86. The molecule has 4 heteroatoms. The van der Waals surface area contributed by atoms with Crippen LogP contribution in [0.1, 0.15) is 22.4 Å². The zero-order valence-corrected chi connectivity index (χ0v) is 12.3. The predicted molar refractivity (Wildman–Crippen MR) is 86.7 cm³/mol. The van der Waals surface area contributed by atoms with E-state index >= 15 is 0 Å². The molecular formula is C18H15NO3. The number of aliphatic hydroxyl groups is 1. The minimum atomic E-state index is -0.572. The van der Waals surface area contributed by atoms with Crippen LogP contribution in [-0.2, 0) is 0 Å². The van der Waals surface area contributed by atoms with Crippen LogP contribution in [0.2, 0.25) is 0 Å². The molecule has 0 atom stereocenters. The first-order valence-corrected chi connectivity index (χ1v) is 6.92. The smallest absolute Gasteiger partial charge is 0.362 e. The fourth-order valence-corrected chi connectivity index (χ4v) is 2.15. The molecule has 0 radical (unpaired) electrons. The number of aliphatic hydroxyl groups excluding tert-OH is 1. The summed E-state index contributed by atoms with van der Waals surface area (Å²) in [7, 11) is 0. The fraction of sp³-hybridized carbons (Fsp3) is 0.111. The highest BCUT2D eigenvalue weighted by molar-refractivity contribution is 5.78. The molecule has 0 fully saturated rings. The van der Waals surface area contributed by atoms with E-state index in [1.807, 2.05) is 32.0 Å². The molecule has 0 bridgehead atoms. The molecule has 0 spiro atoms. The average molecular weight is 293 g/mol. The number of nitrogens with zero attached hydrogens (tertiary/aromatic N) is 1. The van der Waals surface area contributed by atoms with E-state index in [9.17, 15) is 9.90 Å². The van der Waals surface area contributed by atoms with Crippen molar-refractivity contribution in [1.29, 1.82) is 0 Å². The third-order valence-electron chi connectivity index (χ3n) is 3.39. The Morgan fingerprint density at radius 3 is 2.50 bits per heavy atom. The number of aryl methyl sites for hydroxylation is 2. The second-order valence-electron chi connectivity index (χ2n) is 5.25. The molecule has 1 N–H and O–H groups in total. The summed E-state index contributed by atoms with van der Waals surface area (Å²) in [6.07, 6.45) is 1.33. The highest BCUT2D eigenvalue weighted by atomic mass is 16.4. The lowest BCUT2D eigenvalue weighted by Crippen LogP contribution is -2.06. The van der Waals surface area contributed by atoms with E-state index in [-0.39, 0.29) is 11.5 Å². The average Bonchev–Trinajstić information content (AvgIpc) is 2.49. The Morgan fingerprint density at radius 1 is 1.09 bits per heavy atom. The zero-order valence-electron chi connectivity index (χ0n) is 12.3. The van der Waals surface area contributed by atoms with Gasteiger partial charge in [-0.15, -0.1) is 0 Å². The van der Waals surface area contributed by atoms with Gasteiger partial charge < -0.3 is 9.52 Å². The van der Waals surface area contributed by atoms with Crippen molar-refractivity contribution in [3.05, 3.63) is 75.3 Å². The standard InChI is InChI=1S/C18H15NO3/c1-11-3-6-13(7-4-11)16(20)10-15-18(21)22-17-9-12(2)5-8-14(17)19-15/h3-10,20H,1-2H3. The van der Waals surface area contributed by atoms with Crippen LogP contribution < -0.4 is 5.63 Å². The van der Waals surface area contributed by atoms with E-state index in [4.69, 9.17) is 4.42 Å². The van der Waals surface area contributed by atoms with E-state index in [0.717, 1.165) is 11.1 Å². The molecule has 0 unspecified atom stereocenters. The van der Waals surface area contributed by atoms with Crippen LogP contribution in [0.25, 0.3) is 22.9 Å². The van der Waals surface area contributed by atoms with Crippen LogP contribution in [0.4, 0.5) is 0 Å². The number of hydrogen-bond acceptors (Lipinski definition) is 4. The Balaban J connectivity index is 2.07. The topological polar surface area (TPSA) is 63.3 Å². The van der Waals surface area contributed by atoms with Crippen LogP contribution >= 0.6 is 0 Å². The molecule has 4 nitrogen and oxygen atoms in total. The SMILES string of the molecule is Cc1ccc(C(O)=Cc2nc3ccc(C)cc3oc2=O)cc1. The van der Waals surface area contributed by atoms with Gasteiger partial charge in [0.05, 0.1) is 0 Å². The molecule has 2 aromatic carbocycles. The van der Waals surface area contributed by atoms with Gasteiger partial charge in [0.15, 0.2) is 11.3 Å². The Bertz CT molecular complexity index is 921. The summed E-state index contributed by atoms with van der Waals surface area (Å²) in [4.78, 5) is 16.2. The van der Waals surface area contributed by atoms with Gasteiger partial charge >= 0.3 is 5.63 Å². The summed E-state index contributed by atoms with van der Waals surface area (Å²) in [5, 5.41) is 10.1. The van der Waals surface area contributed by atoms with Crippen molar-refractivity contribution in [1.82, 2.24) is 4.98 Å². The summed E-state index contributed by atoms with van der Waals surface area (Å²) < 4.78 is 5.26. The lowest BCUT2D eigenvalue weighted by atomic mass is 10.1. The highest BCUT2D eigenvalue weighted by Gasteiger charge is 2.07. The van der Waals surface area contributed by atoms with Crippen molar-refractivity contribution < 1.29 is 9.52 Å². The number of benzene rings is 2. The Labute approximate surface area is 127 Å². The first-order valence-electron chi connectivity index (χ1n) is 6.92. The van der Waals surface area contributed by atoms with Crippen LogP contribution in [0.15, 0.2) is 51.7 Å². The molecule has 0 aliphatic carbocycles. The van der Waals surface area contributed by atoms with Gasteiger partial charge in [-0.2, -0.15) is 0 Å². The molecule has 3 aromatic rings. The maximum absolute atomic E-state index is 12.0. The van der Waals surface area contributed by atoms with Crippen molar-refractivity contribution in [2.24, 2.45) is 0 Å². The van der Waals surface area contributed by atoms with Crippen molar-refractivity contribution in [2.45, 2.75) is 13.8 Å². The summed E-state index contributed by atoms with van der Waals surface area (Å²) in [6, 6.07) is 12.8. The lowest BCUT2D eigenvalue weighted by Gasteiger charge is -2.02. The lowest BCUT2D eigenvalue weighted by molar-refractivity contribution is 0.514. The molecule has 0 aliphatic rings. The molecule has 0 saturated carbocycles. The van der Waals surface area contributed by atoms with E-state index < -0.39 is 5.63 Å². The molecule has 0 saturated heterocycles. The van der Waals surface area contributed by atoms with Gasteiger partial charge in [0.2, 0.25) is 0 Å². The molecule has 0 aliphatic heterocycles. The minimum Gasteiger partial charge on any atom is -0.507 e. The first kappa shape index (κ1) is 14.1. The third-order valence-corrected chi connectivity index (χ3v) is 3.39. The van der Waals surface area contributed by atoms with E-state index in [1.165, 1.54) is 6.08 Å². The van der Waals surface area contributed by atoms with Gasteiger partial charge in [-0.3, -0.25) is 0 Å². The molecule has 1 heterocycles. The van der Waals surface area contributed by atoms with Gasteiger partial charge in [-0.1, -0.05) is 35.9 Å². The molecular weight excluding hydrogens is 278 g/mol. The molecule has 110 valence electrons. The number of aromatic nitrogens is 1. The number of fused-ring (bicyclic) bond motifs is 1. The molecule has 22 heavy (non-hydrogen) atoms. The maximum Gasteiger partial charge on any atom is 0.362 e. The van der Waals surface area contributed by atoms with Crippen molar-refractivity contribution >= 4 is 22.9 Å². The highest BCUT2D eigenvalue weighted by Crippen LogP contribution is 2.16. The minimum absolute atomic E-state index is 0.0220. The van der Waals surface area contributed by atoms with Gasteiger partial charge in [-0.25, -0.2) is 9.78 Å². The Hall–Kier alpha value is -2.88. The number of rotatable bonds is 2. The molecule has 1 aromatic heterocycles. The van der Waals surface area contributed by atoms with Crippen LogP contribution in [0, 0.1) is 13.8 Å². The molecule has 3 rings (SSSR count). The Kier molecular flexibility index (Phi) is 3.51. The monoisotopic (exact) mass is 293 g/mol. The Morgan fingerprint density at radius 2 is 1.77 bits per heavy atom. The zero-order chi connectivity index (χ0) is 15.7. The largest absolute Gasteiger partial charge is 0.507 e. The molecule has 0 amide bonds. The van der Waals surface area contributed by atoms with Gasteiger partial charge in [0.1, 0.15) is 11.3 Å². The van der Waals surface area contributed by atoms with Crippen molar-refractivity contribution in [3.8, 4) is 0 Å². The van der Waals surface area contributed by atoms with Crippen LogP contribution in [0.3, 0.4) is 0 Å². The van der Waals surface area contributed by atoms with E-state index in [2.05, 4.69) is 4.98 Å². The summed E-state index contributed by atoms with van der Waals surface area (Å²) in [5.41, 5.74) is 3.23. The summed E-state index contributed by atoms with van der Waals surface area (Å²) in [5.74, 6) is -0.0220. The quantitative estimate of drug-likeness (QED) is 0.729. The second-order valence-corrected chi connectivity index (χ2v) is 5.25. The van der Waals surface area contributed by atoms with E-state index in [1.54, 1.807) is 24.3 Å².